The van der Waals surface area contributed by atoms with Gasteiger partial charge in [0.25, 0.3) is 0 Å². The molecule has 0 saturated heterocycles. The molecule has 0 aliphatic carbocycles. The Morgan fingerprint density at radius 3 is 2.57 bits per heavy atom. The number of hydrogen-bond acceptors (Lipinski definition) is 3. The van der Waals surface area contributed by atoms with E-state index in [1.165, 1.54) is 24.3 Å². The van der Waals surface area contributed by atoms with Crippen LogP contribution in [0.2, 0.25) is 5.02 Å². The molecule has 0 unspecified atom stereocenters. The van der Waals surface area contributed by atoms with Crippen LogP contribution in [0.15, 0.2) is 41.3 Å². The first kappa shape index (κ1) is 15.8. The van der Waals surface area contributed by atoms with Crippen LogP contribution in [-0.2, 0) is 16.6 Å². The summed E-state index contributed by atoms with van der Waals surface area (Å²) in [4.78, 5) is -0.128. The Morgan fingerprint density at radius 2 is 1.95 bits per heavy atom. The van der Waals surface area contributed by atoms with Gasteiger partial charge in [0.2, 0.25) is 10.0 Å². The molecule has 0 aromatic heterocycles. The number of ether oxygens (including phenoxy) is 1. The van der Waals surface area contributed by atoms with Crippen LogP contribution in [0.5, 0.6) is 5.75 Å². The summed E-state index contributed by atoms with van der Waals surface area (Å²) in [7, 11) is -3.92. The second-order valence-corrected chi connectivity index (χ2v) is 6.49. The molecule has 0 aliphatic heterocycles. The van der Waals surface area contributed by atoms with Crippen molar-refractivity contribution in [3.05, 3.63) is 58.4 Å². The van der Waals surface area contributed by atoms with Crippen LogP contribution in [0.25, 0.3) is 0 Å². The molecule has 0 saturated carbocycles. The molecule has 0 bridgehead atoms. The van der Waals surface area contributed by atoms with Gasteiger partial charge in [-0.25, -0.2) is 17.9 Å². The monoisotopic (exact) mass is 329 g/mol. The highest BCUT2D eigenvalue weighted by Crippen LogP contribution is 2.25. The van der Waals surface area contributed by atoms with Crippen molar-refractivity contribution in [3.63, 3.8) is 0 Å². The number of halogens is 2. The Morgan fingerprint density at radius 1 is 1.24 bits per heavy atom. The maximum atomic E-state index is 13.6. The lowest BCUT2D eigenvalue weighted by molar-refractivity contribution is 0.292. The smallest absolute Gasteiger partial charge is 0.241 e. The van der Waals surface area contributed by atoms with Crippen molar-refractivity contribution in [1.82, 2.24) is 0 Å². The Bertz CT molecular complexity index is 778. The molecule has 2 N–H and O–H groups in total. The number of nitrogens with two attached hydrogens (primary N) is 1. The average molecular weight is 330 g/mol. The predicted octanol–water partition coefficient (Wildman–Crippen LogP) is 3.01. The van der Waals surface area contributed by atoms with Gasteiger partial charge < -0.3 is 4.74 Å². The molecule has 2 rings (SSSR count). The van der Waals surface area contributed by atoms with Crippen LogP contribution < -0.4 is 9.88 Å². The van der Waals surface area contributed by atoms with E-state index in [0.717, 1.165) is 11.6 Å². The van der Waals surface area contributed by atoms with Gasteiger partial charge >= 0.3 is 0 Å². The second kappa shape index (κ2) is 6.01. The third-order valence-electron chi connectivity index (χ3n) is 2.80. The highest BCUT2D eigenvalue weighted by Gasteiger charge is 2.16. The van der Waals surface area contributed by atoms with Gasteiger partial charge in [-0.1, -0.05) is 23.7 Å². The molecule has 0 heterocycles. The van der Waals surface area contributed by atoms with E-state index in [-0.39, 0.29) is 27.8 Å². The zero-order chi connectivity index (χ0) is 15.6. The van der Waals surface area contributed by atoms with Crippen molar-refractivity contribution >= 4 is 21.6 Å². The van der Waals surface area contributed by atoms with Crippen molar-refractivity contribution in [2.75, 3.05) is 0 Å². The Kier molecular flexibility index (Phi) is 4.51. The van der Waals surface area contributed by atoms with E-state index >= 15 is 0 Å². The van der Waals surface area contributed by atoms with E-state index < -0.39 is 15.8 Å². The molecule has 0 fully saturated rings. The topological polar surface area (TPSA) is 69.4 Å². The fourth-order valence-electron chi connectivity index (χ4n) is 1.75. The highest BCUT2D eigenvalue weighted by atomic mass is 35.5. The zero-order valence-electron chi connectivity index (χ0n) is 11.1. The molecule has 4 nitrogen and oxygen atoms in total. The minimum atomic E-state index is -3.92. The molecule has 0 atom stereocenters. The maximum Gasteiger partial charge on any atom is 0.241 e. The summed E-state index contributed by atoms with van der Waals surface area (Å²) in [6, 6.07) is 8.74. The minimum Gasteiger partial charge on any atom is -0.487 e. The van der Waals surface area contributed by atoms with E-state index in [2.05, 4.69) is 0 Å². The number of hydrogen-bond donors (Lipinski definition) is 1. The normalized spacial score (nSPS) is 11.4. The van der Waals surface area contributed by atoms with Gasteiger partial charge in [0, 0.05) is 10.6 Å². The first-order valence-corrected chi connectivity index (χ1v) is 7.90. The maximum absolute atomic E-state index is 13.6. The van der Waals surface area contributed by atoms with Gasteiger partial charge in [-0.2, -0.15) is 0 Å². The van der Waals surface area contributed by atoms with E-state index in [1.54, 1.807) is 13.0 Å². The highest BCUT2D eigenvalue weighted by molar-refractivity contribution is 7.89. The van der Waals surface area contributed by atoms with Gasteiger partial charge in [-0.05, 0) is 36.8 Å². The van der Waals surface area contributed by atoms with Gasteiger partial charge in [0.1, 0.15) is 23.1 Å². The van der Waals surface area contributed by atoms with Gasteiger partial charge in [0.05, 0.1) is 0 Å². The van der Waals surface area contributed by atoms with Crippen molar-refractivity contribution in [2.45, 2.75) is 18.4 Å². The van der Waals surface area contributed by atoms with E-state index in [0.29, 0.717) is 0 Å². The zero-order valence-corrected chi connectivity index (χ0v) is 12.7. The van der Waals surface area contributed by atoms with Gasteiger partial charge in [0.15, 0.2) is 0 Å². The average Bonchev–Trinajstić information content (AvgIpc) is 2.38. The standard InChI is InChI=1S/C14H13ClFNO3S/c1-9-2-5-13(14(6-9)21(17,18)19)20-8-10-3-4-11(15)7-12(10)16/h2-7H,8H2,1H3,(H2,17,18,19). The fourth-order valence-corrected chi connectivity index (χ4v) is 2.67. The molecule has 0 aliphatic rings. The Hall–Kier alpha value is -1.63. The quantitative estimate of drug-likeness (QED) is 0.937. The van der Waals surface area contributed by atoms with Gasteiger partial charge in [-0.15, -0.1) is 0 Å². The summed E-state index contributed by atoms with van der Waals surface area (Å²) in [5.74, 6) is -0.441. The fraction of sp³-hybridized carbons (Fsp3) is 0.143. The van der Waals surface area contributed by atoms with E-state index in [9.17, 15) is 12.8 Å². The summed E-state index contributed by atoms with van der Waals surface area (Å²) in [5, 5.41) is 5.42. The first-order valence-electron chi connectivity index (χ1n) is 5.97. The summed E-state index contributed by atoms with van der Waals surface area (Å²) in [6.45, 7) is 1.60. The summed E-state index contributed by atoms with van der Waals surface area (Å²) in [5.41, 5.74) is 0.990. The van der Waals surface area contributed by atoms with Crippen molar-refractivity contribution in [3.8, 4) is 5.75 Å². The molecule has 0 spiro atoms. The van der Waals surface area contributed by atoms with E-state index in [1.807, 2.05) is 0 Å². The van der Waals surface area contributed by atoms with Crippen LogP contribution in [-0.4, -0.2) is 8.42 Å². The second-order valence-electron chi connectivity index (χ2n) is 4.52. The molecule has 21 heavy (non-hydrogen) atoms. The molecule has 0 amide bonds. The van der Waals surface area contributed by atoms with Crippen LogP contribution in [0.3, 0.4) is 0 Å². The Balaban J connectivity index is 2.28. The van der Waals surface area contributed by atoms with Crippen molar-refractivity contribution < 1.29 is 17.5 Å². The number of sulfonamides is 1. The molecular weight excluding hydrogens is 317 g/mol. The van der Waals surface area contributed by atoms with Crippen LogP contribution in [0.4, 0.5) is 4.39 Å². The molecule has 2 aromatic carbocycles. The van der Waals surface area contributed by atoms with Gasteiger partial charge in [-0.3, -0.25) is 0 Å². The lowest BCUT2D eigenvalue weighted by atomic mass is 10.2. The number of primary sulfonamides is 1. The lowest BCUT2D eigenvalue weighted by Crippen LogP contribution is -2.14. The number of rotatable bonds is 4. The molecule has 0 radical (unpaired) electrons. The van der Waals surface area contributed by atoms with Crippen molar-refractivity contribution in [2.24, 2.45) is 5.14 Å². The minimum absolute atomic E-state index is 0.0810. The van der Waals surface area contributed by atoms with Crippen LogP contribution in [0.1, 0.15) is 11.1 Å². The number of benzene rings is 2. The SMILES string of the molecule is Cc1ccc(OCc2ccc(Cl)cc2F)c(S(N)(=O)=O)c1. The Labute approximate surface area is 127 Å². The number of aryl methyl sites for hydroxylation is 1. The molecule has 112 valence electrons. The molecular formula is C14H13ClFNO3S. The van der Waals surface area contributed by atoms with Crippen LogP contribution >= 0.6 is 11.6 Å². The summed E-state index contributed by atoms with van der Waals surface area (Å²) in [6.07, 6.45) is 0. The summed E-state index contributed by atoms with van der Waals surface area (Å²) >= 11 is 5.66. The van der Waals surface area contributed by atoms with Crippen LogP contribution in [0, 0.1) is 12.7 Å². The molecule has 2 aromatic rings. The largest absolute Gasteiger partial charge is 0.487 e. The third kappa shape index (κ3) is 3.93. The van der Waals surface area contributed by atoms with Crippen molar-refractivity contribution in [1.29, 1.82) is 0 Å². The third-order valence-corrected chi connectivity index (χ3v) is 3.97. The predicted molar refractivity (Wildman–Crippen MR) is 78.3 cm³/mol. The lowest BCUT2D eigenvalue weighted by Gasteiger charge is -2.11. The first-order chi connectivity index (χ1) is 9.77. The summed E-state index contributed by atoms with van der Waals surface area (Å²) < 4.78 is 42.1. The van der Waals surface area contributed by atoms with E-state index in [4.69, 9.17) is 21.5 Å². The molecule has 7 heteroatoms.